The van der Waals surface area contributed by atoms with E-state index in [1.165, 1.54) is 4.90 Å². The summed E-state index contributed by atoms with van der Waals surface area (Å²) in [7, 11) is 3.22. The summed E-state index contributed by atoms with van der Waals surface area (Å²) in [6.07, 6.45) is 1.13. The number of ether oxygens (including phenoxy) is 2. The molecule has 0 radical (unpaired) electrons. The van der Waals surface area contributed by atoms with Crippen LogP contribution < -0.4 is 14.8 Å². The molecular formula is C23H29BrN4O5. The molecule has 3 rings (SSSR count). The molecule has 0 aliphatic carbocycles. The second-order valence-electron chi connectivity index (χ2n) is 8.14. The molecule has 1 aromatic carbocycles. The third-order valence-corrected chi connectivity index (χ3v) is 6.07. The molecule has 1 aliphatic rings. The lowest BCUT2D eigenvalue weighted by Crippen LogP contribution is -2.50. The molecule has 0 unspecified atom stereocenters. The molecule has 0 saturated heterocycles. The normalized spacial score (nSPS) is 19.0. The molecule has 0 bridgehead atoms. The summed E-state index contributed by atoms with van der Waals surface area (Å²) in [4.78, 5) is 33.5. The van der Waals surface area contributed by atoms with Crippen LogP contribution in [0.3, 0.4) is 0 Å². The number of methoxy groups -OCH3 is 1. The Labute approximate surface area is 201 Å². The molecule has 3 atom stereocenters. The molecule has 2 aromatic rings. The van der Waals surface area contributed by atoms with Crippen molar-refractivity contribution in [3.8, 4) is 11.6 Å². The SMILES string of the molecule is COc1ccccc1NC(=O)N(C)C[C@@H]1Oc2ncc(Br)cc2C(=O)N([C@H](C)CO)C[C@H]1C. The van der Waals surface area contributed by atoms with Gasteiger partial charge in [-0.05, 0) is 41.1 Å². The first-order chi connectivity index (χ1) is 15.7. The van der Waals surface area contributed by atoms with Crippen molar-refractivity contribution in [2.75, 3.05) is 39.2 Å². The number of pyridine rings is 1. The Bertz CT molecular complexity index is 1000. The highest BCUT2D eigenvalue weighted by atomic mass is 79.9. The van der Waals surface area contributed by atoms with Crippen LogP contribution in [-0.2, 0) is 0 Å². The van der Waals surface area contributed by atoms with Gasteiger partial charge in [-0.25, -0.2) is 9.78 Å². The fraction of sp³-hybridized carbons (Fsp3) is 0.435. The number of aliphatic hydroxyl groups excluding tert-OH is 1. The molecule has 2 N–H and O–H groups in total. The van der Waals surface area contributed by atoms with E-state index in [1.54, 1.807) is 50.4 Å². The van der Waals surface area contributed by atoms with E-state index in [-0.39, 0.29) is 42.9 Å². The van der Waals surface area contributed by atoms with Crippen LogP contribution in [0.5, 0.6) is 11.6 Å². The van der Waals surface area contributed by atoms with Crippen LogP contribution in [0, 0.1) is 5.92 Å². The maximum atomic E-state index is 13.2. The Hall–Kier alpha value is -2.85. The number of hydrogen-bond donors (Lipinski definition) is 2. The molecule has 10 heteroatoms. The molecule has 178 valence electrons. The van der Waals surface area contributed by atoms with Crippen molar-refractivity contribution in [1.29, 1.82) is 0 Å². The Morgan fingerprint density at radius 3 is 2.88 bits per heavy atom. The largest absolute Gasteiger partial charge is 0.495 e. The van der Waals surface area contributed by atoms with Gasteiger partial charge in [-0.3, -0.25) is 4.79 Å². The minimum absolute atomic E-state index is 0.136. The lowest BCUT2D eigenvalue weighted by molar-refractivity contribution is 0.0356. The predicted molar refractivity (Wildman–Crippen MR) is 128 cm³/mol. The number of nitrogens with one attached hydrogen (secondary N) is 1. The number of carbonyl (C=O) groups is 2. The van der Waals surface area contributed by atoms with E-state index in [2.05, 4.69) is 26.2 Å². The number of likely N-dealkylation sites (N-methyl/N-ethyl adjacent to an activating group) is 1. The lowest BCUT2D eigenvalue weighted by atomic mass is 10.0. The molecule has 1 aliphatic heterocycles. The van der Waals surface area contributed by atoms with Crippen LogP contribution in [0.25, 0.3) is 0 Å². The summed E-state index contributed by atoms with van der Waals surface area (Å²) in [6, 6.07) is 8.13. The number of aromatic nitrogens is 1. The molecule has 0 fully saturated rings. The summed E-state index contributed by atoms with van der Waals surface area (Å²) in [6.45, 7) is 4.20. The fourth-order valence-corrected chi connectivity index (χ4v) is 3.94. The topological polar surface area (TPSA) is 104 Å². The minimum Gasteiger partial charge on any atom is -0.495 e. The van der Waals surface area contributed by atoms with Crippen molar-refractivity contribution < 1.29 is 24.2 Å². The van der Waals surface area contributed by atoms with Gasteiger partial charge in [0.05, 0.1) is 32.0 Å². The second-order valence-corrected chi connectivity index (χ2v) is 9.06. The van der Waals surface area contributed by atoms with Crippen LogP contribution in [0.4, 0.5) is 10.5 Å². The summed E-state index contributed by atoms with van der Waals surface area (Å²) >= 11 is 3.36. The number of nitrogens with zero attached hydrogens (tertiary/aromatic N) is 3. The van der Waals surface area contributed by atoms with Crippen LogP contribution in [0.2, 0.25) is 0 Å². The van der Waals surface area contributed by atoms with Crippen molar-refractivity contribution >= 4 is 33.6 Å². The number of hydrogen-bond acceptors (Lipinski definition) is 6. The van der Waals surface area contributed by atoms with E-state index in [0.29, 0.717) is 28.0 Å². The minimum atomic E-state index is -0.438. The molecule has 9 nitrogen and oxygen atoms in total. The monoisotopic (exact) mass is 520 g/mol. The standard InChI is InChI=1S/C23H29BrN4O5/c1-14-11-28(15(2)13-29)22(30)17-9-16(24)10-25-21(17)33-20(14)12-27(3)23(31)26-18-7-5-6-8-19(18)32-4/h5-10,14-15,20,29H,11-13H2,1-4H3,(H,26,31)/t14-,15-,20+/m1/s1. The number of fused-ring (bicyclic) bond motifs is 1. The predicted octanol–water partition coefficient (Wildman–Crippen LogP) is 3.24. The summed E-state index contributed by atoms with van der Waals surface area (Å²) in [5, 5.41) is 12.6. The van der Waals surface area contributed by atoms with E-state index in [1.807, 2.05) is 19.1 Å². The first-order valence-corrected chi connectivity index (χ1v) is 11.4. The number of halogens is 1. The van der Waals surface area contributed by atoms with Crippen molar-refractivity contribution in [2.45, 2.75) is 26.0 Å². The fourth-order valence-electron chi connectivity index (χ4n) is 3.61. The number of benzene rings is 1. The van der Waals surface area contributed by atoms with Gasteiger partial charge in [-0.15, -0.1) is 0 Å². The maximum Gasteiger partial charge on any atom is 0.321 e. The zero-order valence-corrected chi connectivity index (χ0v) is 20.7. The van der Waals surface area contributed by atoms with Gasteiger partial charge in [0.25, 0.3) is 5.91 Å². The number of anilines is 1. The average molecular weight is 521 g/mol. The number of aliphatic hydroxyl groups is 1. The number of carbonyl (C=O) groups excluding carboxylic acids is 2. The zero-order chi connectivity index (χ0) is 24.1. The highest BCUT2D eigenvalue weighted by molar-refractivity contribution is 9.10. The van der Waals surface area contributed by atoms with E-state index in [9.17, 15) is 14.7 Å². The molecule has 33 heavy (non-hydrogen) atoms. The zero-order valence-electron chi connectivity index (χ0n) is 19.1. The molecule has 0 spiro atoms. The van der Waals surface area contributed by atoms with Crippen LogP contribution in [0.1, 0.15) is 24.2 Å². The van der Waals surface area contributed by atoms with E-state index in [0.717, 1.165) is 0 Å². The maximum absolute atomic E-state index is 13.2. The Balaban J connectivity index is 1.83. The van der Waals surface area contributed by atoms with Crippen molar-refractivity contribution in [3.05, 3.63) is 46.6 Å². The van der Waals surface area contributed by atoms with E-state index >= 15 is 0 Å². The smallest absolute Gasteiger partial charge is 0.321 e. The van der Waals surface area contributed by atoms with Crippen LogP contribution in [-0.4, -0.2) is 77.8 Å². The summed E-state index contributed by atoms with van der Waals surface area (Å²) in [5.74, 6) is 0.370. The number of urea groups is 1. The van der Waals surface area contributed by atoms with Gasteiger partial charge < -0.3 is 29.7 Å². The van der Waals surface area contributed by atoms with Gasteiger partial charge in [-0.1, -0.05) is 19.1 Å². The van der Waals surface area contributed by atoms with Gasteiger partial charge in [0.2, 0.25) is 5.88 Å². The van der Waals surface area contributed by atoms with Crippen molar-refractivity contribution in [2.24, 2.45) is 5.92 Å². The second kappa shape index (κ2) is 10.8. The summed E-state index contributed by atoms with van der Waals surface area (Å²) < 4.78 is 12.1. The molecular weight excluding hydrogens is 492 g/mol. The van der Waals surface area contributed by atoms with Crippen molar-refractivity contribution in [3.63, 3.8) is 0 Å². The number of para-hydroxylation sites is 2. The Kier molecular flexibility index (Phi) is 8.15. The van der Waals surface area contributed by atoms with Gasteiger partial charge >= 0.3 is 6.03 Å². The van der Waals surface area contributed by atoms with Crippen LogP contribution in [0.15, 0.2) is 41.0 Å². The number of amides is 3. The third-order valence-electron chi connectivity index (χ3n) is 5.64. The highest BCUT2D eigenvalue weighted by Crippen LogP contribution is 2.29. The van der Waals surface area contributed by atoms with Gasteiger partial charge in [0, 0.05) is 30.2 Å². The van der Waals surface area contributed by atoms with E-state index in [4.69, 9.17) is 9.47 Å². The lowest BCUT2D eigenvalue weighted by Gasteiger charge is -2.37. The Morgan fingerprint density at radius 1 is 1.45 bits per heavy atom. The average Bonchev–Trinajstić information content (AvgIpc) is 2.81. The highest BCUT2D eigenvalue weighted by Gasteiger charge is 2.34. The molecule has 1 aromatic heterocycles. The van der Waals surface area contributed by atoms with Crippen molar-refractivity contribution in [1.82, 2.24) is 14.8 Å². The van der Waals surface area contributed by atoms with Crippen LogP contribution >= 0.6 is 15.9 Å². The van der Waals surface area contributed by atoms with Gasteiger partial charge in [0.15, 0.2) is 0 Å². The third kappa shape index (κ3) is 5.75. The Morgan fingerprint density at radius 2 is 2.18 bits per heavy atom. The molecule has 3 amide bonds. The quantitative estimate of drug-likeness (QED) is 0.605. The number of rotatable bonds is 6. The first-order valence-electron chi connectivity index (χ1n) is 10.6. The summed E-state index contributed by atoms with van der Waals surface area (Å²) in [5.41, 5.74) is 0.872. The van der Waals surface area contributed by atoms with Gasteiger partial charge in [0.1, 0.15) is 17.4 Å². The first kappa shape index (κ1) is 24.8. The van der Waals surface area contributed by atoms with E-state index < -0.39 is 6.10 Å². The molecule has 0 saturated carbocycles. The van der Waals surface area contributed by atoms with Gasteiger partial charge in [-0.2, -0.15) is 0 Å². The molecule has 2 heterocycles.